The highest BCUT2D eigenvalue weighted by molar-refractivity contribution is 9.11. The minimum Gasteiger partial charge on any atom is -0.258 e. The molecule has 0 saturated heterocycles. The van der Waals surface area contributed by atoms with Gasteiger partial charge in [0.15, 0.2) is 4.60 Å². The van der Waals surface area contributed by atoms with Gasteiger partial charge in [-0.3, -0.25) is 10.1 Å². The molecular formula is C6H2Br2F2N2O2. The minimum atomic E-state index is -2.80. The topological polar surface area (TPSA) is 56.0 Å². The number of aromatic nitrogens is 1. The number of nitrogens with zero attached hydrogens (tertiary/aromatic N) is 2. The van der Waals surface area contributed by atoms with Crippen LogP contribution in [0.3, 0.4) is 0 Å². The summed E-state index contributed by atoms with van der Waals surface area (Å²) in [5.74, 6) is 0. The Labute approximate surface area is 93.7 Å². The van der Waals surface area contributed by atoms with Crippen molar-refractivity contribution in [3.63, 3.8) is 0 Å². The number of rotatable bonds is 2. The van der Waals surface area contributed by atoms with Gasteiger partial charge in [0, 0.05) is 6.07 Å². The Morgan fingerprint density at radius 3 is 2.43 bits per heavy atom. The van der Waals surface area contributed by atoms with Gasteiger partial charge in [-0.25, -0.2) is 13.8 Å². The zero-order valence-corrected chi connectivity index (χ0v) is 9.55. The van der Waals surface area contributed by atoms with E-state index in [0.717, 1.165) is 6.07 Å². The molecule has 8 heteroatoms. The Morgan fingerprint density at radius 2 is 2.00 bits per heavy atom. The third-order valence-electron chi connectivity index (χ3n) is 1.37. The van der Waals surface area contributed by atoms with Crippen molar-refractivity contribution in [2.75, 3.05) is 0 Å². The molecule has 0 aliphatic rings. The van der Waals surface area contributed by atoms with Crippen LogP contribution in [0.5, 0.6) is 0 Å². The van der Waals surface area contributed by atoms with Gasteiger partial charge in [-0.15, -0.1) is 0 Å². The zero-order chi connectivity index (χ0) is 10.9. The Balaban J connectivity index is 3.34. The van der Waals surface area contributed by atoms with Crippen molar-refractivity contribution >= 4 is 37.5 Å². The van der Waals surface area contributed by atoms with E-state index in [1.54, 1.807) is 0 Å². The van der Waals surface area contributed by atoms with E-state index in [-0.39, 0.29) is 9.21 Å². The third-order valence-corrected chi connectivity index (χ3v) is 2.59. The fourth-order valence-corrected chi connectivity index (χ4v) is 1.89. The fraction of sp³-hybridized carbons (Fsp3) is 0.167. The average molecular weight is 332 g/mol. The molecule has 0 bridgehead atoms. The SMILES string of the molecule is O=[N+]([O-])c1cc(C(F)F)c(Br)nc1Br. The summed E-state index contributed by atoms with van der Waals surface area (Å²) in [7, 11) is 0. The van der Waals surface area contributed by atoms with E-state index < -0.39 is 22.6 Å². The van der Waals surface area contributed by atoms with Crippen molar-refractivity contribution in [2.45, 2.75) is 6.43 Å². The van der Waals surface area contributed by atoms with Crippen LogP contribution in [0.25, 0.3) is 0 Å². The molecular weight excluding hydrogens is 330 g/mol. The predicted octanol–water partition coefficient (Wildman–Crippen LogP) is 3.45. The molecule has 0 aliphatic heterocycles. The van der Waals surface area contributed by atoms with Crippen LogP contribution in [0, 0.1) is 10.1 Å². The summed E-state index contributed by atoms with van der Waals surface area (Å²) >= 11 is 5.59. The summed E-state index contributed by atoms with van der Waals surface area (Å²) in [5.41, 5.74) is -0.983. The molecule has 1 aromatic heterocycles. The molecule has 1 heterocycles. The maximum atomic E-state index is 12.3. The first kappa shape index (κ1) is 11.4. The van der Waals surface area contributed by atoms with Crippen molar-refractivity contribution in [3.8, 4) is 0 Å². The quantitative estimate of drug-likeness (QED) is 0.474. The second-order valence-corrected chi connectivity index (χ2v) is 3.74. The van der Waals surface area contributed by atoms with Crippen LogP contribution >= 0.6 is 31.9 Å². The predicted molar refractivity (Wildman–Crippen MR) is 51.2 cm³/mol. The summed E-state index contributed by atoms with van der Waals surface area (Å²) in [5, 5.41) is 10.4. The van der Waals surface area contributed by atoms with E-state index in [0.29, 0.717) is 0 Å². The molecule has 76 valence electrons. The third kappa shape index (κ3) is 2.24. The first-order chi connectivity index (χ1) is 6.43. The van der Waals surface area contributed by atoms with Crippen molar-refractivity contribution in [2.24, 2.45) is 0 Å². The molecule has 0 amide bonds. The second kappa shape index (κ2) is 4.26. The van der Waals surface area contributed by atoms with Gasteiger partial charge in [0.2, 0.25) is 0 Å². The smallest absolute Gasteiger partial charge is 0.258 e. The maximum Gasteiger partial charge on any atom is 0.302 e. The van der Waals surface area contributed by atoms with Crippen LogP contribution in [0.4, 0.5) is 14.5 Å². The highest BCUT2D eigenvalue weighted by Gasteiger charge is 2.21. The van der Waals surface area contributed by atoms with Crippen LogP contribution in [0.2, 0.25) is 0 Å². The molecule has 0 unspecified atom stereocenters. The summed E-state index contributed by atoms with van der Waals surface area (Å²) in [4.78, 5) is 13.1. The highest BCUT2D eigenvalue weighted by Crippen LogP contribution is 2.33. The highest BCUT2D eigenvalue weighted by atomic mass is 79.9. The number of hydrogen-bond donors (Lipinski definition) is 0. The van der Waals surface area contributed by atoms with E-state index in [2.05, 4.69) is 36.8 Å². The number of nitro groups is 1. The molecule has 0 spiro atoms. The van der Waals surface area contributed by atoms with E-state index >= 15 is 0 Å². The van der Waals surface area contributed by atoms with Crippen LogP contribution in [-0.2, 0) is 0 Å². The first-order valence-electron chi connectivity index (χ1n) is 3.22. The second-order valence-electron chi connectivity index (χ2n) is 2.24. The standard InChI is InChI=1S/C6H2Br2F2N2O2/c7-4-2(6(9)10)1-3(12(13)14)5(8)11-4/h1,6H. The van der Waals surface area contributed by atoms with Crippen molar-refractivity contribution in [3.05, 3.63) is 31.0 Å². The molecule has 0 radical (unpaired) electrons. The van der Waals surface area contributed by atoms with Crippen molar-refractivity contribution in [1.82, 2.24) is 4.98 Å². The monoisotopic (exact) mass is 330 g/mol. The van der Waals surface area contributed by atoms with Crippen LogP contribution < -0.4 is 0 Å². The molecule has 1 rings (SSSR count). The molecule has 0 N–H and O–H groups in total. The molecule has 4 nitrogen and oxygen atoms in total. The number of halogens is 4. The zero-order valence-electron chi connectivity index (χ0n) is 6.38. The lowest BCUT2D eigenvalue weighted by Gasteiger charge is -2.02. The first-order valence-corrected chi connectivity index (χ1v) is 4.80. The van der Waals surface area contributed by atoms with Crippen LogP contribution in [0.1, 0.15) is 12.0 Å². The van der Waals surface area contributed by atoms with Crippen LogP contribution in [0.15, 0.2) is 15.3 Å². The van der Waals surface area contributed by atoms with E-state index in [1.807, 2.05) is 0 Å². The van der Waals surface area contributed by atoms with Gasteiger partial charge in [-0.2, -0.15) is 0 Å². The Morgan fingerprint density at radius 1 is 1.43 bits per heavy atom. The van der Waals surface area contributed by atoms with Crippen LogP contribution in [-0.4, -0.2) is 9.91 Å². The Bertz CT molecular complexity index is 386. The molecule has 0 saturated carbocycles. The van der Waals surface area contributed by atoms with Gasteiger partial charge in [0.05, 0.1) is 10.5 Å². The summed E-state index contributed by atoms with van der Waals surface area (Å²) in [6, 6.07) is 0.784. The number of pyridine rings is 1. The largest absolute Gasteiger partial charge is 0.302 e. The normalized spacial score (nSPS) is 10.6. The van der Waals surface area contributed by atoms with Gasteiger partial charge in [-0.05, 0) is 31.9 Å². The van der Waals surface area contributed by atoms with Crippen molar-refractivity contribution < 1.29 is 13.7 Å². The molecule has 1 aromatic rings. The fourth-order valence-electron chi connectivity index (χ4n) is 0.755. The van der Waals surface area contributed by atoms with E-state index in [9.17, 15) is 18.9 Å². The lowest BCUT2D eigenvalue weighted by atomic mass is 10.3. The maximum absolute atomic E-state index is 12.3. The summed E-state index contributed by atoms with van der Waals surface area (Å²) in [6.07, 6.45) is -2.80. The van der Waals surface area contributed by atoms with Gasteiger partial charge >= 0.3 is 5.69 Å². The van der Waals surface area contributed by atoms with Gasteiger partial charge in [-0.1, -0.05) is 0 Å². The summed E-state index contributed by atoms with van der Waals surface area (Å²) in [6.45, 7) is 0. The van der Waals surface area contributed by atoms with E-state index in [1.165, 1.54) is 0 Å². The van der Waals surface area contributed by atoms with Gasteiger partial charge in [0.25, 0.3) is 6.43 Å². The summed E-state index contributed by atoms with van der Waals surface area (Å²) < 4.78 is 24.4. The molecule has 0 aromatic carbocycles. The molecule has 14 heavy (non-hydrogen) atoms. The average Bonchev–Trinajstić information content (AvgIpc) is 2.02. The van der Waals surface area contributed by atoms with Crippen molar-refractivity contribution in [1.29, 1.82) is 0 Å². The van der Waals surface area contributed by atoms with Gasteiger partial charge < -0.3 is 0 Å². The van der Waals surface area contributed by atoms with Gasteiger partial charge in [0.1, 0.15) is 4.60 Å². The lowest BCUT2D eigenvalue weighted by molar-refractivity contribution is -0.386. The Hall–Kier alpha value is -0.630. The van der Waals surface area contributed by atoms with E-state index in [4.69, 9.17) is 0 Å². The molecule has 0 fully saturated rings. The number of alkyl halides is 2. The Kier molecular flexibility index (Phi) is 3.48. The lowest BCUT2D eigenvalue weighted by Crippen LogP contribution is -1.97. The minimum absolute atomic E-state index is 0.0845. The molecule has 0 aliphatic carbocycles. The number of hydrogen-bond acceptors (Lipinski definition) is 3. The molecule has 0 atom stereocenters.